The number of benzene rings is 1. The van der Waals surface area contributed by atoms with Crippen molar-refractivity contribution in [2.24, 2.45) is 11.8 Å². The van der Waals surface area contributed by atoms with Crippen molar-refractivity contribution in [2.45, 2.75) is 91.6 Å². The summed E-state index contributed by atoms with van der Waals surface area (Å²) in [5, 5.41) is 15.7. The molecule has 0 aliphatic heterocycles. The van der Waals surface area contributed by atoms with Crippen LogP contribution in [0.4, 0.5) is 4.79 Å². The lowest BCUT2D eigenvalue weighted by Crippen LogP contribution is -2.56. The average molecular weight is 462 g/mol. The Morgan fingerprint density at radius 2 is 1.73 bits per heavy atom. The monoisotopic (exact) mass is 461 g/mol. The van der Waals surface area contributed by atoms with Crippen LogP contribution in [0.3, 0.4) is 0 Å². The lowest BCUT2D eigenvalue weighted by atomic mass is 9.98. The second-order valence-corrected chi connectivity index (χ2v) is 10.6. The summed E-state index contributed by atoms with van der Waals surface area (Å²) in [5.74, 6) is -0.687. The van der Waals surface area contributed by atoms with Gasteiger partial charge in [-0.15, -0.1) is 0 Å². The van der Waals surface area contributed by atoms with Gasteiger partial charge in [-0.25, -0.2) is 4.79 Å². The Morgan fingerprint density at radius 3 is 2.18 bits per heavy atom. The van der Waals surface area contributed by atoms with Crippen LogP contribution in [0.15, 0.2) is 24.3 Å². The van der Waals surface area contributed by atoms with Gasteiger partial charge >= 0.3 is 6.09 Å². The van der Waals surface area contributed by atoms with Gasteiger partial charge in [-0.05, 0) is 70.6 Å². The lowest BCUT2D eigenvalue weighted by Gasteiger charge is -2.36. The maximum Gasteiger partial charge on any atom is 0.408 e. The van der Waals surface area contributed by atoms with Crippen LogP contribution in [-0.2, 0) is 14.3 Å². The molecule has 1 saturated carbocycles. The molecule has 1 fully saturated rings. The van der Waals surface area contributed by atoms with E-state index in [1.165, 1.54) is 12.1 Å². The fraction of sp³-hybridized carbons (Fsp3) is 0.640. The molecule has 8 heteroatoms. The van der Waals surface area contributed by atoms with Gasteiger partial charge in [-0.3, -0.25) is 9.59 Å². The fourth-order valence-electron chi connectivity index (χ4n) is 3.78. The summed E-state index contributed by atoms with van der Waals surface area (Å²) in [7, 11) is 0. The van der Waals surface area contributed by atoms with E-state index in [2.05, 4.69) is 10.6 Å². The molecular weight excluding hydrogens is 422 g/mol. The van der Waals surface area contributed by atoms with Crippen molar-refractivity contribution in [1.29, 1.82) is 0 Å². The second kappa shape index (κ2) is 10.4. The molecule has 4 atom stereocenters. The first-order valence-electron chi connectivity index (χ1n) is 11.6. The third-order valence-corrected chi connectivity index (χ3v) is 5.43. The topological polar surface area (TPSA) is 108 Å². The summed E-state index contributed by atoms with van der Waals surface area (Å²) in [4.78, 5) is 41.4. The highest BCUT2D eigenvalue weighted by molar-refractivity contribution is 5.93. The van der Waals surface area contributed by atoms with E-state index in [1.54, 1.807) is 37.8 Å². The quantitative estimate of drug-likeness (QED) is 0.547. The number of alkyl carbamates (subject to hydrolysis) is 1. The van der Waals surface area contributed by atoms with Gasteiger partial charge in [0.05, 0.1) is 0 Å². The normalized spacial score (nSPS) is 19.6. The third-order valence-electron chi connectivity index (χ3n) is 5.43. The van der Waals surface area contributed by atoms with Crippen LogP contribution in [-0.4, -0.2) is 51.6 Å². The third kappa shape index (κ3) is 7.37. The van der Waals surface area contributed by atoms with Crippen LogP contribution in [0, 0.1) is 11.8 Å². The Hall–Kier alpha value is -2.77. The summed E-state index contributed by atoms with van der Waals surface area (Å²) in [5.41, 5.74) is -0.193. The summed E-state index contributed by atoms with van der Waals surface area (Å²) in [6.45, 7) is 14.7. The van der Waals surface area contributed by atoms with Crippen LogP contribution in [0.25, 0.3) is 0 Å². The number of amides is 3. The molecule has 8 nitrogen and oxygen atoms in total. The molecule has 1 aromatic carbocycles. The molecule has 0 spiro atoms. The zero-order valence-corrected chi connectivity index (χ0v) is 21.0. The van der Waals surface area contributed by atoms with E-state index in [9.17, 15) is 19.5 Å². The van der Waals surface area contributed by atoms with E-state index in [-0.39, 0.29) is 41.5 Å². The number of rotatable bonds is 8. The van der Waals surface area contributed by atoms with Crippen LogP contribution in [0.5, 0.6) is 5.75 Å². The number of aromatic hydroxyl groups is 1. The Labute approximate surface area is 197 Å². The largest absolute Gasteiger partial charge is 0.508 e. The van der Waals surface area contributed by atoms with Crippen LogP contribution >= 0.6 is 0 Å². The first kappa shape index (κ1) is 26.5. The Morgan fingerprint density at radius 1 is 1.12 bits per heavy atom. The van der Waals surface area contributed by atoms with Crippen molar-refractivity contribution < 1.29 is 24.2 Å². The molecule has 1 aliphatic rings. The molecule has 3 N–H and O–H groups in total. The van der Waals surface area contributed by atoms with Crippen molar-refractivity contribution in [2.75, 3.05) is 0 Å². The number of carbonyl (C=O) groups is 3. The van der Waals surface area contributed by atoms with Crippen LogP contribution < -0.4 is 10.6 Å². The van der Waals surface area contributed by atoms with Gasteiger partial charge in [0.15, 0.2) is 0 Å². The minimum atomic E-state index is -0.941. The van der Waals surface area contributed by atoms with Crippen molar-refractivity contribution in [3.8, 4) is 5.75 Å². The second-order valence-electron chi connectivity index (χ2n) is 10.6. The summed E-state index contributed by atoms with van der Waals surface area (Å²) < 4.78 is 5.37. The Balaban J connectivity index is 2.47. The minimum Gasteiger partial charge on any atom is -0.508 e. The van der Waals surface area contributed by atoms with E-state index in [0.29, 0.717) is 5.56 Å². The molecule has 0 saturated heterocycles. The van der Waals surface area contributed by atoms with Gasteiger partial charge in [0, 0.05) is 12.1 Å². The van der Waals surface area contributed by atoms with E-state index in [1.807, 2.05) is 34.6 Å². The van der Waals surface area contributed by atoms with Crippen molar-refractivity contribution in [1.82, 2.24) is 15.5 Å². The molecule has 184 valence electrons. The van der Waals surface area contributed by atoms with Gasteiger partial charge in [0.25, 0.3) is 0 Å². The molecule has 1 aromatic rings. The maximum absolute atomic E-state index is 13.9. The van der Waals surface area contributed by atoms with Gasteiger partial charge in [-0.1, -0.05) is 32.9 Å². The number of phenols is 1. The highest BCUT2D eigenvalue weighted by Crippen LogP contribution is 2.41. The number of nitrogens with one attached hydrogen (secondary N) is 2. The maximum atomic E-state index is 13.9. The Kier molecular flexibility index (Phi) is 8.38. The SMILES string of the molecule is CC(C)NC(=O)C(c1cccc(O)c1)N(C(=O)C(NC(=O)OC(C)(C)C)C(C)C)C1CC1C. The molecule has 2 rings (SSSR count). The molecule has 0 aromatic heterocycles. The predicted molar refractivity (Wildman–Crippen MR) is 127 cm³/mol. The summed E-state index contributed by atoms with van der Waals surface area (Å²) >= 11 is 0. The van der Waals surface area contributed by atoms with E-state index in [0.717, 1.165) is 6.42 Å². The first-order chi connectivity index (χ1) is 15.2. The van der Waals surface area contributed by atoms with E-state index < -0.39 is 23.8 Å². The fourth-order valence-corrected chi connectivity index (χ4v) is 3.78. The van der Waals surface area contributed by atoms with Crippen LogP contribution in [0.1, 0.15) is 73.4 Å². The zero-order valence-electron chi connectivity index (χ0n) is 21.0. The molecule has 0 radical (unpaired) electrons. The number of hydrogen-bond donors (Lipinski definition) is 3. The van der Waals surface area contributed by atoms with Crippen molar-refractivity contribution >= 4 is 17.9 Å². The zero-order chi connectivity index (χ0) is 25.1. The number of hydrogen-bond acceptors (Lipinski definition) is 5. The van der Waals surface area contributed by atoms with Crippen molar-refractivity contribution in [3.63, 3.8) is 0 Å². The predicted octanol–water partition coefficient (Wildman–Crippen LogP) is 3.74. The number of phenolic OH excluding ortho intramolecular Hbond substituents is 1. The average Bonchev–Trinajstić information content (AvgIpc) is 3.37. The molecule has 1 aliphatic carbocycles. The molecule has 0 bridgehead atoms. The Bertz CT molecular complexity index is 862. The molecular formula is C25H39N3O5. The van der Waals surface area contributed by atoms with Gasteiger partial charge in [-0.2, -0.15) is 0 Å². The number of nitrogens with zero attached hydrogens (tertiary/aromatic N) is 1. The smallest absolute Gasteiger partial charge is 0.408 e. The highest BCUT2D eigenvalue weighted by Gasteiger charge is 2.48. The highest BCUT2D eigenvalue weighted by atomic mass is 16.6. The van der Waals surface area contributed by atoms with Gasteiger partial charge < -0.3 is 25.4 Å². The summed E-state index contributed by atoms with van der Waals surface area (Å²) in [6.07, 6.45) is 0.0756. The first-order valence-corrected chi connectivity index (χ1v) is 11.6. The minimum absolute atomic E-state index is 0.0124. The van der Waals surface area contributed by atoms with Crippen molar-refractivity contribution in [3.05, 3.63) is 29.8 Å². The molecule has 33 heavy (non-hydrogen) atoms. The molecule has 3 amide bonds. The summed E-state index contributed by atoms with van der Waals surface area (Å²) in [6, 6.07) is 4.30. The van der Waals surface area contributed by atoms with E-state index in [4.69, 9.17) is 4.74 Å². The van der Waals surface area contributed by atoms with E-state index >= 15 is 0 Å². The van der Waals surface area contributed by atoms with Crippen LogP contribution in [0.2, 0.25) is 0 Å². The molecule has 0 heterocycles. The van der Waals surface area contributed by atoms with Gasteiger partial charge in [0.2, 0.25) is 11.8 Å². The standard InChI is InChI=1S/C25H39N3O5/c1-14(2)20(27-24(32)33-25(6,7)8)23(31)28(19-12-16(19)5)21(22(30)26-15(3)4)17-10-9-11-18(29)13-17/h9-11,13-16,19-21,29H,12H2,1-8H3,(H,26,30)(H,27,32). The molecule has 4 unspecified atom stereocenters. The lowest BCUT2D eigenvalue weighted by molar-refractivity contribution is -0.144. The number of ether oxygens (including phenoxy) is 1. The van der Waals surface area contributed by atoms with Gasteiger partial charge in [0.1, 0.15) is 23.4 Å². The number of carbonyl (C=O) groups excluding carboxylic acids is 3.